The molecule has 0 aliphatic rings. The van der Waals surface area contributed by atoms with Gasteiger partial charge in [0.1, 0.15) is 0 Å². The van der Waals surface area contributed by atoms with Crippen LogP contribution in [-0.4, -0.2) is 80.0 Å². The first-order chi connectivity index (χ1) is 12.4. The van der Waals surface area contributed by atoms with Crippen LogP contribution in [0.2, 0.25) is 0 Å². The van der Waals surface area contributed by atoms with Crippen molar-refractivity contribution in [3.63, 3.8) is 0 Å². The van der Waals surface area contributed by atoms with E-state index in [2.05, 4.69) is 18.1 Å². The number of rotatable bonds is 11. The van der Waals surface area contributed by atoms with Gasteiger partial charge in [-0.25, -0.2) is 0 Å². The minimum absolute atomic E-state index is 0.255. The van der Waals surface area contributed by atoms with Crippen LogP contribution in [-0.2, 0) is 45.9 Å². The van der Waals surface area contributed by atoms with E-state index < -0.39 is 52.1 Å². The molecule has 0 aliphatic carbocycles. The molecule has 0 aromatic carbocycles. The van der Waals surface area contributed by atoms with E-state index in [1.165, 1.54) is 0 Å². The fraction of sp³-hybridized carbons (Fsp3) is 0.750. The van der Waals surface area contributed by atoms with Gasteiger partial charge in [0.15, 0.2) is 0 Å². The largest absolute Gasteiger partial charge is 0.480 e. The Kier molecular flexibility index (Phi) is 8.21. The standard InChI is InChI=1S/C8H18O16P4/c1-21-25(13,14)7(5(9)10,26(15,16)22-2)8(6(11)12,27(17,18)23-3)28(19,20)24-4/h1-4H3,(H,9,10)(H,11,12)(H,13,14)(H,15,16)(H,17,18)(H,19,20). The zero-order chi connectivity index (χ0) is 23.0. The van der Waals surface area contributed by atoms with Crippen LogP contribution in [0.3, 0.4) is 0 Å². The quantitative estimate of drug-likeness (QED) is 0.204. The Balaban J connectivity index is 8.52. The summed E-state index contributed by atoms with van der Waals surface area (Å²) in [6.45, 7) is 0. The van der Waals surface area contributed by atoms with Crippen molar-refractivity contribution in [2.75, 3.05) is 28.4 Å². The number of aliphatic carboxylic acids is 2. The third kappa shape index (κ3) is 3.27. The van der Waals surface area contributed by atoms with Gasteiger partial charge < -0.3 is 47.9 Å². The highest BCUT2D eigenvalue weighted by molar-refractivity contribution is 7.83. The fourth-order valence-electron chi connectivity index (χ4n) is 2.42. The molecule has 166 valence electrons. The van der Waals surface area contributed by atoms with Gasteiger partial charge in [0.05, 0.1) is 0 Å². The molecule has 0 bridgehead atoms. The molecule has 0 radical (unpaired) electrons. The average Bonchev–Trinajstić information content (AvgIpc) is 2.57. The third-order valence-corrected chi connectivity index (χ3v) is 14.8. The molecule has 0 saturated carbocycles. The topological polar surface area (TPSA) is 261 Å². The first-order valence-electron chi connectivity index (χ1n) is 6.39. The van der Waals surface area contributed by atoms with E-state index in [1.807, 2.05) is 0 Å². The highest BCUT2D eigenvalue weighted by Crippen LogP contribution is 2.90. The second-order valence-corrected chi connectivity index (χ2v) is 13.8. The normalized spacial score (nSPS) is 25.0. The maximum absolute atomic E-state index is 12.6. The second-order valence-electron chi connectivity index (χ2n) is 4.77. The summed E-state index contributed by atoms with van der Waals surface area (Å²) in [6, 6.07) is 0. The Labute approximate surface area is 157 Å². The summed E-state index contributed by atoms with van der Waals surface area (Å²) in [6.07, 6.45) is 0. The summed E-state index contributed by atoms with van der Waals surface area (Å²) in [5.74, 6) is -6.18. The zero-order valence-electron chi connectivity index (χ0n) is 14.6. The van der Waals surface area contributed by atoms with Crippen molar-refractivity contribution in [2.45, 2.75) is 9.79 Å². The van der Waals surface area contributed by atoms with Crippen molar-refractivity contribution in [3.05, 3.63) is 0 Å². The first kappa shape index (κ1) is 27.5. The summed E-state index contributed by atoms with van der Waals surface area (Å²) in [4.78, 5) is 54.4. The number of carbonyl (C=O) groups is 2. The molecular formula is C8H18O16P4. The summed E-state index contributed by atoms with van der Waals surface area (Å²) in [5.41, 5.74) is 0. The van der Waals surface area contributed by atoms with Crippen molar-refractivity contribution in [1.29, 1.82) is 0 Å². The molecule has 0 aromatic rings. The van der Waals surface area contributed by atoms with Crippen LogP contribution < -0.4 is 0 Å². The maximum atomic E-state index is 12.6. The number of hydrogen-bond donors (Lipinski definition) is 6. The Bertz CT molecular complexity index is 715. The molecule has 0 spiro atoms. The van der Waals surface area contributed by atoms with Gasteiger partial charge in [-0.3, -0.25) is 27.8 Å². The smallest absolute Gasteiger partial charge is 0.360 e. The van der Waals surface area contributed by atoms with Crippen LogP contribution in [0, 0.1) is 0 Å². The molecule has 20 heteroatoms. The summed E-state index contributed by atoms with van der Waals surface area (Å²) in [7, 11) is -24.8. The van der Waals surface area contributed by atoms with Gasteiger partial charge in [-0.1, -0.05) is 0 Å². The van der Waals surface area contributed by atoms with Gasteiger partial charge in [0, 0.05) is 28.4 Å². The second kappa shape index (κ2) is 8.35. The number of hydrogen-bond acceptors (Lipinski definition) is 10. The molecule has 0 fully saturated rings. The molecule has 4 atom stereocenters. The van der Waals surface area contributed by atoms with Gasteiger partial charge in [0.25, 0.3) is 0 Å². The molecule has 0 aromatic heterocycles. The number of carboxylic acids is 2. The maximum Gasteiger partial charge on any atom is 0.360 e. The van der Waals surface area contributed by atoms with E-state index in [-0.39, 0.29) is 28.4 Å². The molecule has 0 amide bonds. The minimum atomic E-state index is -6.45. The summed E-state index contributed by atoms with van der Waals surface area (Å²) in [5, 5.41) is 19.2. The lowest BCUT2D eigenvalue weighted by molar-refractivity contribution is -0.147. The van der Waals surface area contributed by atoms with E-state index in [9.17, 15) is 57.6 Å². The third-order valence-electron chi connectivity index (χ3n) is 3.71. The predicted octanol–water partition coefficient (Wildman–Crippen LogP) is -0.125. The van der Waals surface area contributed by atoms with Gasteiger partial charge in [-0.05, 0) is 0 Å². The lowest BCUT2D eigenvalue weighted by atomic mass is 10.2. The fourth-order valence-corrected chi connectivity index (χ4v) is 13.0. The van der Waals surface area contributed by atoms with Crippen molar-refractivity contribution >= 4 is 42.3 Å². The monoisotopic (exact) mass is 494 g/mol. The van der Waals surface area contributed by atoms with Crippen LogP contribution in [0.25, 0.3) is 0 Å². The number of carboxylic acid groups (broad SMARTS) is 2. The predicted molar refractivity (Wildman–Crippen MR) is 88.1 cm³/mol. The molecule has 28 heavy (non-hydrogen) atoms. The van der Waals surface area contributed by atoms with Crippen molar-refractivity contribution in [1.82, 2.24) is 0 Å². The van der Waals surface area contributed by atoms with Crippen molar-refractivity contribution in [3.8, 4) is 0 Å². The zero-order valence-corrected chi connectivity index (χ0v) is 18.1. The van der Waals surface area contributed by atoms with Crippen LogP contribution in [0.5, 0.6) is 0 Å². The van der Waals surface area contributed by atoms with Crippen LogP contribution in [0.1, 0.15) is 0 Å². The highest BCUT2D eigenvalue weighted by atomic mass is 31.3. The van der Waals surface area contributed by atoms with Crippen LogP contribution in [0.15, 0.2) is 0 Å². The van der Waals surface area contributed by atoms with Gasteiger partial charge >= 0.3 is 52.1 Å². The Morgan fingerprint density at radius 2 is 0.714 bits per heavy atom. The Morgan fingerprint density at radius 1 is 0.571 bits per heavy atom. The van der Waals surface area contributed by atoms with E-state index in [0.717, 1.165) is 0 Å². The van der Waals surface area contributed by atoms with Crippen LogP contribution >= 0.6 is 30.4 Å². The molecule has 4 unspecified atom stereocenters. The van der Waals surface area contributed by atoms with E-state index >= 15 is 0 Å². The van der Waals surface area contributed by atoms with Gasteiger partial charge in [-0.15, -0.1) is 0 Å². The van der Waals surface area contributed by atoms with Crippen molar-refractivity contribution < 1.29 is 75.7 Å². The molecule has 0 aliphatic heterocycles. The Morgan fingerprint density at radius 3 is 0.786 bits per heavy atom. The lowest BCUT2D eigenvalue weighted by Gasteiger charge is -2.46. The van der Waals surface area contributed by atoms with Gasteiger partial charge in [0.2, 0.25) is 0 Å². The molecule has 16 nitrogen and oxygen atoms in total. The first-order valence-corrected chi connectivity index (χ1v) is 12.7. The molecule has 0 heterocycles. The minimum Gasteiger partial charge on any atom is -0.480 e. The summed E-state index contributed by atoms with van der Waals surface area (Å²) >= 11 is 0. The average molecular weight is 494 g/mol. The molecule has 0 rings (SSSR count). The molecule has 6 N–H and O–H groups in total. The van der Waals surface area contributed by atoms with Crippen LogP contribution in [0.4, 0.5) is 0 Å². The Hall–Kier alpha value is -0.460. The van der Waals surface area contributed by atoms with E-state index in [4.69, 9.17) is 0 Å². The van der Waals surface area contributed by atoms with Crippen molar-refractivity contribution in [2.24, 2.45) is 0 Å². The highest BCUT2D eigenvalue weighted by Gasteiger charge is 2.93. The molecular weight excluding hydrogens is 476 g/mol. The lowest BCUT2D eigenvalue weighted by Crippen LogP contribution is -2.62. The molecule has 0 saturated heterocycles. The van der Waals surface area contributed by atoms with Gasteiger partial charge in [-0.2, -0.15) is 0 Å². The van der Waals surface area contributed by atoms with E-state index in [1.54, 1.807) is 0 Å². The summed E-state index contributed by atoms with van der Waals surface area (Å²) < 4.78 is 66.4. The van der Waals surface area contributed by atoms with E-state index in [0.29, 0.717) is 0 Å². The SMILES string of the molecule is COP(=O)(O)C(C(=O)O)(C(C(=O)O)(P(=O)(O)OC)P(=O)(O)OC)P(=O)(O)OC.